The van der Waals surface area contributed by atoms with Gasteiger partial charge in [-0.3, -0.25) is 4.79 Å². The molecule has 0 atom stereocenters. The van der Waals surface area contributed by atoms with E-state index >= 15 is 0 Å². The molecule has 1 N–H and O–H groups in total. The lowest BCUT2D eigenvalue weighted by molar-refractivity contribution is -0.116. The Hall–Kier alpha value is -0.290. The van der Waals surface area contributed by atoms with Gasteiger partial charge in [-0.2, -0.15) is 0 Å². The molecule has 0 bridgehead atoms. The first-order valence-corrected chi connectivity index (χ1v) is 6.87. The normalized spacial score (nSPS) is 10.2. The predicted octanol–water partition coefficient (Wildman–Crippen LogP) is 3.95. The van der Waals surface area contributed by atoms with Gasteiger partial charge < -0.3 is 5.32 Å². The van der Waals surface area contributed by atoms with Gasteiger partial charge >= 0.3 is 0 Å². The number of benzene rings is 1. The lowest BCUT2D eigenvalue weighted by atomic mass is 10.2. The Balaban J connectivity index is 2.46. The third kappa shape index (κ3) is 4.70. The van der Waals surface area contributed by atoms with Crippen molar-refractivity contribution in [1.29, 1.82) is 0 Å². The van der Waals surface area contributed by atoms with Gasteiger partial charge in [0.2, 0.25) is 5.91 Å². The fourth-order valence-corrected chi connectivity index (χ4v) is 1.98. The van der Waals surface area contributed by atoms with Gasteiger partial charge in [0.05, 0.1) is 0 Å². The molecule has 1 aromatic rings. The Kier molecular flexibility index (Phi) is 6.13. The number of anilines is 1. The predicted molar refractivity (Wildman–Crippen MR) is 77.1 cm³/mol. The molecule has 0 spiro atoms. The fourth-order valence-electron chi connectivity index (χ4n) is 1.27. The van der Waals surface area contributed by atoms with E-state index in [4.69, 9.17) is 11.6 Å². The molecule has 1 amide bonds. The Morgan fingerprint density at radius 2 is 2.19 bits per heavy atom. The van der Waals surface area contributed by atoms with Crippen molar-refractivity contribution in [2.45, 2.75) is 26.2 Å². The van der Waals surface area contributed by atoms with Crippen LogP contribution in [0.3, 0.4) is 0 Å². The summed E-state index contributed by atoms with van der Waals surface area (Å²) in [6, 6.07) is 5.92. The molecule has 0 aliphatic rings. The summed E-state index contributed by atoms with van der Waals surface area (Å²) in [5.41, 5.74) is 2.09. The van der Waals surface area contributed by atoms with Crippen LogP contribution in [-0.2, 0) is 4.79 Å². The number of carbonyl (C=O) groups excluding carboxylic acids is 1. The van der Waals surface area contributed by atoms with Crippen molar-refractivity contribution in [3.05, 3.63) is 27.3 Å². The molecule has 0 radical (unpaired) electrons. The molecule has 0 heterocycles. The molecular weight excluding hydrogens is 336 g/mol. The van der Waals surface area contributed by atoms with Crippen LogP contribution in [-0.4, -0.2) is 11.8 Å². The highest BCUT2D eigenvalue weighted by atomic mass is 127. The van der Waals surface area contributed by atoms with Crippen LogP contribution in [0.4, 0.5) is 5.69 Å². The number of carbonyl (C=O) groups is 1. The summed E-state index contributed by atoms with van der Waals surface area (Å²) in [6.45, 7) is 2.05. The van der Waals surface area contributed by atoms with E-state index in [0.29, 0.717) is 12.3 Å². The van der Waals surface area contributed by atoms with Crippen LogP contribution in [0.5, 0.6) is 0 Å². The van der Waals surface area contributed by atoms with E-state index in [0.717, 1.165) is 22.1 Å². The lowest BCUT2D eigenvalue weighted by Crippen LogP contribution is -2.11. The van der Waals surface area contributed by atoms with Crippen molar-refractivity contribution in [2.24, 2.45) is 0 Å². The minimum absolute atomic E-state index is 0.0600. The van der Waals surface area contributed by atoms with E-state index in [9.17, 15) is 4.79 Å². The first-order valence-electron chi connectivity index (χ1n) is 5.25. The highest BCUT2D eigenvalue weighted by molar-refractivity contribution is 14.1. The lowest BCUT2D eigenvalue weighted by Gasteiger charge is -2.06. The van der Waals surface area contributed by atoms with Crippen LogP contribution in [0, 0.1) is 10.5 Å². The van der Waals surface area contributed by atoms with Gasteiger partial charge in [0.25, 0.3) is 0 Å². The molecule has 0 saturated carbocycles. The maximum absolute atomic E-state index is 11.5. The van der Waals surface area contributed by atoms with Gasteiger partial charge in [-0.1, -0.05) is 6.07 Å². The molecule has 0 fully saturated rings. The molecule has 0 aliphatic heterocycles. The number of hydrogen-bond donors (Lipinski definition) is 1. The molecule has 0 saturated heterocycles. The molecular formula is C12H15ClINO. The van der Waals surface area contributed by atoms with Crippen molar-refractivity contribution >= 4 is 45.8 Å². The zero-order valence-corrected chi connectivity index (χ0v) is 12.1. The van der Waals surface area contributed by atoms with E-state index in [2.05, 4.69) is 27.9 Å². The van der Waals surface area contributed by atoms with Crippen LogP contribution in [0.25, 0.3) is 0 Å². The van der Waals surface area contributed by atoms with Crippen molar-refractivity contribution in [2.75, 3.05) is 11.2 Å². The van der Waals surface area contributed by atoms with Gasteiger partial charge in [-0.05, 0) is 60.1 Å². The summed E-state index contributed by atoms with van der Waals surface area (Å²) in [5, 5.41) is 2.88. The third-order valence-electron chi connectivity index (χ3n) is 2.24. The second-order valence-electron chi connectivity index (χ2n) is 3.66. The maximum atomic E-state index is 11.5. The average Bonchev–Trinajstić information content (AvgIpc) is 2.24. The molecule has 0 aliphatic carbocycles. The number of nitrogens with one attached hydrogen (secondary N) is 1. The van der Waals surface area contributed by atoms with Crippen LogP contribution < -0.4 is 5.32 Å². The van der Waals surface area contributed by atoms with Crippen molar-refractivity contribution in [3.63, 3.8) is 0 Å². The second-order valence-corrected chi connectivity index (χ2v) is 5.20. The number of rotatable bonds is 5. The van der Waals surface area contributed by atoms with Crippen molar-refractivity contribution in [1.82, 2.24) is 0 Å². The topological polar surface area (TPSA) is 29.1 Å². The molecule has 16 heavy (non-hydrogen) atoms. The van der Waals surface area contributed by atoms with E-state index in [-0.39, 0.29) is 5.91 Å². The zero-order valence-electron chi connectivity index (χ0n) is 9.22. The summed E-state index contributed by atoms with van der Waals surface area (Å²) in [7, 11) is 0. The molecule has 2 nitrogen and oxygen atoms in total. The van der Waals surface area contributed by atoms with E-state index in [1.54, 1.807) is 0 Å². The number of halogens is 2. The molecule has 1 rings (SSSR count). The van der Waals surface area contributed by atoms with Gasteiger partial charge in [0.15, 0.2) is 0 Å². The van der Waals surface area contributed by atoms with E-state index in [1.807, 2.05) is 25.1 Å². The Morgan fingerprint density at radius 3 is 2.81 bits per heavy atom. The number of unbranched alkanes of at least 4 members (excludes halogenated alkanes) is 1. The van der Waals surface area contributed by atoms with Crippen LogP contribution in [0.2, 0.25) is 0 Å². The minimum atomic E-state index is 0.0600. The molecule has 88 valence electrons. The SMILES string of the molecule is Cc1ccc(NC(=O)CCCCCl)cc1I. The summed E-state index contributed by atoms with van der Waals surface area (Å²) in [5.74, 6) is 0.681. The van der Waals surface area contributed by atoms with E-state index < -0.39 is 0 Å². The Morgan fingerprint density at radius 1 is 1.44 bits per heavy atom. The molecule has 1 aromatic carbocycles. The molecule has 4 heteroatoms. The first kappa shape index (κ1) is 13.8. The number of alkyl halides is 1. The Labute approximate surface area is 115 Å². The van der Waals surface area contributed by atoms with Crippen LogP contribution in [0.15, 0.2) is 18.2 Å². The van der Waals surface area contributed by atoms with Crippen LogP contribution in [0.1, 0.15) is 24.8 Å². The summed E-state index contributed by atoms with van der Waals surface area (Å²) in [4.78, 5) is 11.5. The number of hydrogen-bond acceptors (Lipinski definition) is 1. The highest BCUT2D eigenvalue weighted by Crippen LogP contribution is 2.17. The van der Waals surface area contributed by atoms with Crippen LogP contribution >= 0.6 is 34.2 Å². The van der Waals surface area contributed by atoms with Gasteiger partial charge in [-0.25, -0.2) is 0 Å². The monoisotopic (exact) mass is 351 g/mol. The standard InChI is InChI=1S/C12H15ClINO/c1-9-5-6-10(8-11(9)14)15-12(16)4-2-3-7-13/h5-6,8H,2-4,7H2,1H3,(H,15,16). The maximum Gasteiger partial charge on any atom is 0.224 e. The zero-order chi connectivity index (χ0) is 12.0. The van der Waals surface area contributed by atoms with Gasteiger partial charge in [-0.15, -0.1) is 11.6 Å². The molecule has 0 aromatic heterocycles. The fraction of sp³-hybridized carbons (Fsp3) is 0.417. The number of amides is 1. The number of aryl methyl sites for hydroxylation is 1. The quantitative estimate of drug-likeness (QED) is 0.486. The summed E-state index contributed by atoms with van der Waals surface area (Å²) in [6.07, 6.45) is 2.27. The first-order chi connectivity index (χ1) is 7.63. The summed E-state index contributed by atoms with van der Waals surface area (Å²) < 4.78 is 1.16. The van der Waals surface area contributed by atoms with Crippen molar-refractivity contribution < 1.29 is 4.79 Å². The average molecular weight is 352 g/mol. The smallest absolute Gasteiger partial charge is 0.224 e. The Bertz CT molecular complexity index is 368. The minimum Gasteiger partial charge on any atom is -0.326 e. The third-order valence-corrected chi connectivity index (χ3v) is 3.67. The second kappa shape index (κ2) is 7.12. The van der Waals surface area contributed by atoms with Crippen molar-refractivity contribution in [3.8, 4) is 0 Å². The summed E-state index contributed by atoms with van der Waals surface area (Å²) >= 11 is 7.81. The highest BCUT2D eigenvalue weighted by Gasteiger charge is 2.03. The molecule has 0 unspecified atom stereocenters. The largest absolute Gasteiger partial charge is 0.326 e. The van der Waals surface area contributed by atoms with Gasteiger partial charge in [0.1, 0.15) is 0 Å². The van der Waals surface area contributed by atoms with E-state index in [1.165, 1.54) is 5.56 Å². The van der Waals surface area contributed by atoms with Gasteiger partial charge in [0, 0.05) is 21.6 Å².